The number of rotatable bonds is 5. The lowest BCUT2D eigenvalue weighted by molar-refractivity contribution is -0.273. The lowest BCUT2D eigenvalue weighted by atomic mass is 9.89. The Kier molecular flexibility index (Phi) is 4.19. The molecule has 1 amide bonds. The van der Waals surface area contributed by atoms with Gasteiger partial charge in [-0.2, -0.15) is 4.52 Å². The monoisotopic (exact) mass is 308 g/mol. The Labute approximate surface area is 119 Å². The highest BCUT2D eigenvalue weighted by atomic mass is 17.5. The van der Waals surface area contributed by atoms with E-state index >= 15 is 0 Å². The van der Waals surface area contributed by atoms with Gasteiger partial charge in [0.05, 0.1) is 12.7 Å². The average molecular weight is 308 g/mol. The van der Waals surface area contributed by atoms with E-state index in [-0.39, 0.29) is 6.42 Å². The van der Waals surface area contributed by atoms with Crippen LogP contribution < -0.4 is 5.32 Å². The zero-order valence-electron chi connectivity index (χ0n) is 11.2. The third kappa shape index (κ3) is 2.61. The number of amides is 1. The molecule has 2 saturated heterocycles. The molecule has 6 atom stereocenters. The van der Waals surface area contributed by atoms with Gasteiger partial charge in [0.1, 0.15) is 18.6 Å². The minimum Gasteiger partial charge on any atom is -0.473 e. The second kappa shape index (κ2) is 5.48. The molecule has 21 heavy (non-hydrogen) atoms. The molecule has 0 spiro atoms. The molecule has 0 bridgehead atoms. The summed E-state index contributed by atoms with van der Waals surface area (Å²) in [5, 5.41) is 50.0. The van der Waals surface area contributed by atoms with E-state index < -0.39 is 54.7 Å². The largest absolute Gasteiger partial charge is 0.479 e. The van der Waals surface area contributed by atoms with Crippen molar-refractivity contribution in [3.8, 4) is 0 Å². The van der Waals surface area contributed by atoms with Crippen molar-refractivity contribution in [2.75, 3.05) is 6.61 Å². The van der Waals surface area contributed by atoms with Crippen LogP contribution in [0.5, 0.6) is 0 Å². The molecule has 0 aromatic carbocycles. The van der Waals surface area contributed by atoms with E-state index in [1.165, 1.54) is 6.92 Å². The van der Waals surface area contributed by atoms with Gasteiger partial charge in [-0.1, -0.05) is 0 Å². The molecule has 6 N–H and O–H groups in total. The van der Waals surface area contributed by atoms with Crippen molar-refractivity contribution >= 4 is 11.9 Å². The zero-order chi connectivity index (χ0) is 15.9. The summed E-state index contributed by atoms with van der Waals surface area (Å²) in [6.45, 7) is 0.403. The maximum atomic E-state index is 11.2. The summed E-state index contributed by atoms with van der Waals surface area (Å²) in [6, 6.07) is -1.08. The van der Waals surface area contributed by atoms with E-state index in [0.29, 0.717) is 0 Å². The number of hydrogen-bond donors (Lipinski definition) is 6. The molecule has 2 rings (SSSR count). The van der Waals surface area contributed by atoms with Gasteiger partial charge < -0.3 is 30.8 Å². The number of aliphatic hydroxyl groups is 4. The molecule has 2 aliphatic heterocycles. The van der Waals surface area contributed by atoms with Crippen molar-refractivity contribution in [2.24, 2.45) is 0 Å². The van der Waals surface area contributed by atoms with Crippen LogP contribution in [0.25, 0.3) is 0 Å². The number of aliphatic hydroxyl groups excluding tert-OH is 4. The molecule has 2 fully saturated rings. The number of carboxylic acid groups (broad SMARTS) is 1. The normalized spacial score (nSPS) is 38.2. The van der Waals surface area contributed by atoms with Gasteiger partial charge in [0.15, 0.2) is 6.10 Å². The van der Waals surface area contributed by atoms with Crippen molar-refractivity contribution in [1.82, 2.24) is 5.32 Å². The van der Waals surface area contributed by atoms with Crippen LogP contribution >= 0.6 is 0 Å². The fourth-order valence-electron chi connectivity index (χ4n) is 2.56. The molecule has 0 unspecified atom stereocenters. The van der Waals surface area contributed by atoms with Crippen molar-refractivity contribution in [3.05, 3.63) is 0 Å². The summed E-state index contributed by atoms with van der Waals surface area (Å²) < 4.78 is 1.86. The third-order valence-electron chi connectivity index (χ3n) is 3.63. The van der Waals surface area contributed by atoms with Gasteiger partial charge in [0.2, 0.25) is 5.91 Å². The first-order valence-corrected chi connectivity index (χ1v) is 6.33. The number of carbonyl (C=O) groups is 2. The third-order valence-corrected chi connectivity index (χ3v) is 3.63. The first-order valence-electron chi connectivity index (χ1n) is 6.33. The highest BCUT2D eigenvalue weighted by Crippen LogP contribution is 2.52. The van der Waals surface area contributed by atoms with E-state index in [1.54, 1.807) is 0 Å². The van der Waals surface area contributed by atoms with Crippen molar-refractivity contribution in [1.29, 1.82) is 0 Å². The van der Waals surface area contributed by atoms with Crippen LogP contribution in [-0.2, 0) is 19.0 Å². The average Bonchev–Trinajstić information content (AvgIpc) is 3.12. The Morgan fingerprint density at radius 2 is 2.10 bits per heavy atom. The molecule has 2 heterocycles. The summed E-state index contributed by atoms with van der Waals surface area (Å²) >= 11 is 0. The summed E-state index contributed by atoms with van der Waals surface area (Å²) in [7, 11) is 0. The number of hydrogen-bond acceptors (Lipinski definition) is 7. The van der Waals surface area contributed by atoms with Crippen LogP contribution in [0.3, 0.4) is 0 Å². The lowest BCUT2D eigenvalue weighted by Crippen LogP contribution is -2.63. The Balaban J connectivity index is 2.29. The molecular formula is C11H18NO9+. The smallest absolute Gasteiger partial charge is 0.473 e. The number of fused-ring (bicyclic) bond motifs is 1. The molecular weight excluding hydrogens is 290 g/mol. The highest BCUT2D eigenvalue weighted by Gasteiger charge is 2.83. The molecule has 120 valence electrons. The predicted molar refractivity (Wildman–Crippen MR) is 63.7 cm³/mol. The van der Waals surface area contributed by atoms with Gasteiger partial charge in [-0.15, -0.1) is 0 Å². The summed E-state index contributed by atoms with van der Waals surface area (Å²) in [5.41, 5.74) is 0. The van der Waals surface area contributed by atoms with E-state index in [2.05, 4.69) is 5.32 Å². The molecule has 0 aromatic heterocycles. The second-order valence-electron chi connectivity index (χ2n) is 5.14. The maximum absolute atomic E-state index is 11.2. The number of carbonyl (C=O) groups excluding carboxylic acids is 1. The van der Waals surface area contributed by atoms with Crippen LogP contribution in [0, 0.1) is 0 Å². The number of nitrogens with one attached hydrogen (secondary N) is 1. The zero-order valence-corrected chi connectivity index (χ0v) is 11.2. The van der Waals surface area contributed by atoms with E-state index in [4.69, 9.17) is 15.1 Å². The van der Waals surface area contributed by atoms with E-state index in [9.17, 15) is 24.9 Å². The predicted octanol–water partition coefficient (Wildman–Crippen LogP) is -3.38. The van der Waals surface area contributed by atoms with Gasteiger partial charge in [-0.3, -0.25) is 4.79 Å². The first kappa shape index (κ1) is 16.1. The first-order chi connectivity index (χ1) is 9.74. The molecule has 10 nitrogen and oxygen atoms in total. The molecule has 0 aromatic rings. The SMILES string of the molecule is CC(=O)N[C@H]1[C@H]([C@H](O)[C@H](O)CO)[O+]2O[C@]2(C(=O)O)C[C@@H]1O. The van der Waals surface area contributed by atoms with Crippen LogP contribution in [0.2, 0.25) is 0 Å². The van der Waals surface area contributed by atoms with Gasteiger partial charge >= 0.3 is 11.8 Å². The molecule has 0 radical (unpaired) electrons. The van der Waals surface area contributed by atoms with Crippen LogP contribution in [0.4, 0.5) is 0 Å². The quantitative estimate of drug-likeness (QED) is 0.174. The van der Waals surface area contributed by atoms with Crippen LogP contribution in [0.15, 0.2) is 0 Å². The fourth-order valence-corrected chi connectivity index (χ4v) is 2.56. The van der Waals surface area contributed by atoms with Crippen molar-refractivity contribution in [3.63, 3.8) is 0 Å². The summed E-state index contributed by atoms with van der Waals surface area (Å²) in [4.78, 5) is 27.3. The Morgan fingerprint density at radius 3 is 2.57 bits per heavy atom. The standard InChI is InChI=1S/C11H17NO9/c1-4(14)12-7-5(15)2-11(10(18)19)20-21(11)9(7)8(17)6(16)3-13/h5-9,13,15-17H,2-3H2,1H3,(H-,12,14,18,19)/p+1/t5-,6+,7+,8+,9+,11+/m0/s1. The minimum absolute atomic E-state index is 0.337. The second-order valence-corrected chi connectivity index (χ2v) is 5.14. The number of aliphatic carboxylic acids is 1. The summed E-state index contributed by atoms with van der Waals surface area (Å²) in [5.74, 6) is -3.77. The van der Waals surface area contributed by atoms with Crippen molar-refractivity contribution in [2.45, 2.75) is 49.6 Å². The lowest BCUT2D eigenvalue weighted by Gasteiger charge is -2.33. The van der Waals surface area contributed by atoms with Crippen molar-refractivity contribution < 1.29 is 44.5 Å². The topological polar surface area (TPSA) is 163 Å². The Morgan fingerprint density at radius 1 is 1.48 bits per heavy atom. The molecule has 10 heteroatoms. The van der Waals surface area contributed by atoms with E-state index in [0.717, 1.165) is 0 Å². The summed E-state index contributed by atoms with van der Waals surface area (Å²) in [6.07, 6.45) is -6.21. The van der Waals surface area contributed by atoms with Gasteiger partial charge in [0, 0.05) is 11.8 Å². The molecule has 2 aliphatic rings. The van der Waals surface area contributed by atoms with Crippen LogP contribution in [-0.4, -0.2) is 80.3 Å². The van der Waals surface area contributed by atoms with Gasteiger partial charge in [-0.25, -0.2) is 4.79 Å². The highest BCUT2D eigenvalue weighted by molar-refractivity contribution is 5.78. The Hall–Kier alpha value is -1.30. The number of carboxylic acids is 1. The van der Waals surface area contributed by atoms with Gasteiger partial charge in [-0.05, 0) is 0 Å². The van der Waals surface area contributed by atoms with Crippen LogP contribution in [0.1, 0.15) is 13.3 Å². The fraction of sp³-hybridized carbons (Fsp3) is 0.818. The minimum atomic E-state index is -1.87. The van der Waals surface area contributed by atoms with E-state index in [1.807, 2.05) is 4.52 Å². The Bertz CT molecular complexity index is 443. The maximum Gasteiger partial charge on any atom is 0.479 e. The molecule has 0 saturated carbocycles. The molecule has 0 aliphatic carbocycles. The van der Waals surface area contributed by atoms with Gasteiger partial charge in [0.25, 0.3) is 6.10 Å².